The summed E-state index contributed by atoms with van der Waals surface area (Å²) in [5.41, 5.74) is -10.2. The first-order chi connectivity index (χ1) is 42.5. The number of hydrogen-bond acceptors (Lipinski definition) is 12. The first-order valence-corrected chi connectivity index (χ1v) is 31.7. The van der Waals surface area contributed by atoms with Crippen molar-refractivity contribution < 1.29 is 58.3 Å². The van der Waals surface area contributed by atoms with Crippen molar-refractivity contribution in [1.29, 1.82) is 0 Å². The maximum Gasteiger partial charge on any atom is 0.363 e. The molecule has 3 N–H and O–H groups in total. The van der Waals surface area contributed by atoms with Gasteiger partial charge in [-0.25, -0.2) is 14.4 Å². The lowest BCUT2D eigenvalue weighted by Gasteiger charge is -2.30. The van der Waals surface area contributed by atoms with E-state index in [2.05, 4.69) is 39.0 Å². The van der Waals surface area contributed by atoms with Crippen LogP contribution in [-0.4, -0.2) is 87.2 Å². The van der Waals surface area contributed by atoms with Crippen LogP contribution in [0.3, 0.4) is 0 Å². The number of aliphatic hydroxyl groups excluding tert-OH is 3. The SMILES string of the molecule is CCCCCCCCC/C=C/C=C/C=C/C=C/C=C/C=C/C(=O)C1(CO)OC(=O)C(CO)(C(=O)/C=C/C=C/C=C/C=C/C=C/C=C/CCCCCCCCC)OC(=O)C(CO)(C(=O)/C=C/C=C/C=C/C=C/C=C/C=C/CCCCCCCCC)OC1=O. The lowest BCUT2D eigenvalue weighted by Crippen LogP contribution is -2.59. The number of rotatable bonds is 48. The number of carbonyl (C=O) groups excluding carboxylic acids is 6. The first kappa shape index (κ1) is 77.6. The van der Waals surface area contributed by atoms with Gasteiger partial charge in [0.25, 0.3) is 16.8 Å². The number of allylic oxidation sites excluding steroid dienone is 33. The molecule has 1 heterocycles. The molecule has 3 atom stereocenters. The lowest BCUT2D eigenvalue weighted by molar-refractivity contribution is -0.200. The van der Waals surface area contributed by atoms with Crippen molar-refractivity contribution in [1.82, 2.24) is 0 Å². The Hall–Kier alpha value is -7.38. The Bertz CT molecular complexity index is 2270. The van der Waals surface area contributed by atoms with Crippen molar-refractivity contribution in [3.63, 3.8) is 0 Å². The molecule has 0 spiro atoms. The van der Waals surface area contributed by atoms with Crippen molar-refractivity contribution in [2.75, 3.05) is 19.8 Å². The Morgan fingerprint density at radius 2 is 0.448 bits per heavy atom. The lowest BCUT2D eigenvalue weighted by atomic mass is 9.95. The van der Waals surface area contributed by atoms with Crippen molar-refractivity contribution in [2.24, 2.45) is 0 Å². The predicted octanol–water partition coefficient (Wildman–Crippen LogP) is 16.0. The molecule has 474 valence electrons. The van der Waals surface area contributed by atoms with Crippen molar-refractivity contribution in [3.8, 4) is 0 Å². The van der Waals surface area contributed by atoms with E-state index in [4.69, 9.17) is 14.2 Å². The average molecular weight is 1200 g/mol. The minimum absolute atomic E-state index is 0.747. The van der Waals surface area contributed by atoms with Gasteiger partial charge < -0.3 is 29.5 Å². The van der Waals surface area contributed by atoms with E-state index in [1.165, 1.54) is 171 Å². The van der Waals surface area contributed by atoms with E-state index in [9.17, 15) is 44.1 Å². The van der Waals surface area contributed by atoms with Gasteiger partial charge in [-0.1, -0.05) is 337 Å². The zero-order valence-corrected chi connectivity index (χ0v) is 52.4. The summed E-state index contributed by atoms with van der Waals surface area (Å²) in [6.07, 6.45) is 88.7. The van der Waals surface area contributed by atoms with Gasteiger partial charge in [0.15, 0.2) is 0 Å². The molecular formula is C75H102O12. The van der Waals surface area contributed by atoms with Crippen LogP contribution < -0.4 is 0 Å². The number of carbonyl (C=O) groups is 6. The standard InChI is InChI=1S/C75H102O12/c1-4-7-10-13-16-19-22-25-28-31-34-37-40-43-46-49-52-55-58-61-67(79)73(64-76)70(82)86-75(66-78,69(81)63-60-57-54-51-48-45-42-39-36-33-30-27-24-21-18-15-12-9-6-3)72(84)87-74(65-77,71(83)85-73)68(80)62-59-56-53-50-47-44-41-38-35-32-29-26-23-20-17-14-11-8-5-2/h28-63,76-78H,4-27,64-66H2,1-3H3/b31-28+,32-29+,33-30+,37-34+,38-35+,39-36+,43-40+,44-41+,45-42+,49-46+,50-47+,51-48+,55-52+,56-53+,57-54+,61-58+,62-59+,63-60+. The minimum Gasteiger partial charge on any atom is -0.432 e. The highest BCUT2D eigenvalue weighted by Gasteiger charge is 2.64. The van der Waals surface area contributed by atoms with Gasteiger partial charge in [0.2, 0.25) is 17.3 Å². The van der Waals surface area contributed by atoms with E-state index < -0.39 is 71.9 Å². The normalized spacial score (nSPS) is 19.7. The molecule has 0 aliphatic carbocycles. The van der Waals surface area contributed by atoms with Crippen LogP contribution in [0.2, 0.25) is 0 Å². The topological polar surface area (TPSA) is 191 Å². The highest BCUT2D eigenvalue weighted by Crippen LogP contribution is 2.31. The Balaban J connectivity index is 3.38. The molecule has 0 aromatic rings. The van der Waals surface area contributed by atoms with Crippen LogP contribution >= 0.6 is 0 Å². The van der Waals surface area contributed by atoms with Crippen molar-refractivity contribution >= 4 is 35.3 Å². The summed E-state index contributed by atoms with van der Waals surface area (Å²) in [7, 11) is 0. The number of aliphatic hydroxyl groups is 3. The summed E-state index contributed by atoms with van der Waals surface area (Å²) in [4.78, 5) is 84.6. The number of ketones is 3. The fourth-order valence-electron chi connectivity index (χ4n) is 8.38. The van der Waals surface area contributed by atoms with Crippen LogP contribution in [0.15, 0.2) is 219 Å². The molecular weight excluding hydrogens is 1090 g/mol. The molecule has 1 fully saturated rings. The van der Waals surface area contributed by atoms with Crippen LogP contribution in [-0.2, 0) is 43.0 Å². The van der Waals surface area contributed by atoms with E-state index in [1.807, 2.05) is 72.9 Å². The van der Waals surface area contributed by atoms with E-state index in [0.717, 1.165) is 55.7 Å². The second-order valence-corrected chi connectivity index (χ2v) is 20.9. The minimum atomic E-state index is -3.40. The molecule has 12 heteroatoms. The van der Waals surface area contributed by atoms with Crippen LogP contribution in [0.1, 0.15) is 175 Å². The summed E-state index contributed by atoms with van der Waals surface area (Å²) in [5.74, 6) is -10.2. The number of ether oxygens (including phenoxy) is 3. The molecule has 0 amide bonds. The van der Waals surface area contributed by atoms with E-state index >= 15 is 0 Å². The van der Waals surface area contributed by atoms with Crippen molar-refractivity contribution in [3.05, 3.63) is 219 Å². The highest BCUT2D eigenvalue weighted by molar-refractivity contribution is 6.22. The van der Waals surface area contributed by atoms with Gasteiger partial charge >= 0.3 is 17.9 Å². The van der Waals surface area contributed by atoms with E-state index in [1.54, 1.807) is 54.7 Å². The Morgan fingerprint density at radius 1 is 0.276 bits per heavy atom. The fraction of sp³-hybridized carbons (Fsp3) is 0.440. The summed E-state index contributed by atoms with van der Waals surface area (Å²) in [6.45, 7) is 1.71. The third-order valence-electron chi connectivity index (χ3n) is 13.7. The average Bonchev–Trinajstić information content (AvgIpc) is 2.00. The maximum atomic E-state index is 14.2. The second-order valence-electron chi connectivity index (χ2n) is 20.9. The van der Waals surface area contributed by atoms with Crippen molar-refractivity contribution in [2.45, 2.75) is 192 Å². The highest BCUT2D eigenvalue weighted by atomic mass is 16.7. The number of cyclic esters (lactones) is 3. The molecule has 0 aromatic carbocycles. The largest absolute Gasteiger partial charge is 0.432 e. The third kappa shape index (κ3) is 34.5. The molecule has 1 aliphatic heterocycles. The van der Waals surface area contributed by atoms with Gasteiger partial charge in [-0.2, -0.15) is 0 Å². The number of esters is 3. The van der Waals surface area contributed by atoms with Crippen LogP contribution in [0.4, 0.5) is 0 Å². The Labute approximate surface area is 521 Å². The van der Waals surface area contributed by atoms with Gasteiger partial charge in [-0.3, -0.25) is 14.4 Å². The fourth-order valence-corrected chi connectivity index (χ4v) is 8.38. The molecule has 3 unspecified atom stereocenters. The zero-order valence-electron chi connectivity index (χ0n) is 52.4. The molecule has 87 heavy (non-hydrogen) atoms. The van der Waals surface area contributed by atoms with Gasteiger partial charge in [0, 0.05) is 0 Å². The number of unbranched alkanes of at least 4 members (excludes halogenated alkanes) is 21. The van der Waals surface area contributed by atoms with Gasteiger partial charge in [-0.15, -0.1) is 0 Å². The third-order valence-corrected chi connectivity index (χ3v) is 13.7. The molecule has 1 rings (SSSR count). The molecule has 12 nitrogen and oxygen atoms in total. The number of hydrogen-bond donors (Lipinski definition) is 3. The first-order valence-electron chi connectivity index (χ1n) is 31.7. The predicted molar refractivity (Wildman–Crippen MR) is 355 cm³/mol. The Kier molecular flexibility index (Phi) is 47.2. The summed E-state index contributed by atoms with van der Waals surface area (Å²) >= 11 is 0. The maximum absolute atomic E-state index is 14.2. The summed E-state index contributed by atoms with van der Waals surface area (Å²) in [5, 5.41) is 32.3. The van der Waals surface area contributed by atoms with Crippen LogP contribution in [0.5, 0.6) is 0 Å². The molecule has 0 radical (unpaired) electrons. The zero-order chi connectivity index (χ0) is 63.6. The molecule has 1 aliphatic rings. The van der Waals surface area contributed by atoms with Crippen LogP contribution in [0.25, 0.3) is 0 Å². The van der Waals surface area contributed by atoms with E-state index in [-0.39, 0.29) is 0 Å². The van der Waals surface area contributed by atoms with Gasteiger partial charge in [0.05, 0.1) is 0 Å². The summed E-state index contributed by atoms with van der Waals surface area (Å²) < 4.78 is 15.9. The molecule has 0 aromatic heterocycles. The molecule has 0 bridgehead atoms. The molecule has 0 saturated carbocycles. The Morgan fingerprint density at radius 3 is 0.644 bits per heavy atom. The summed E-state index contributed by atoms with van der Waals surface area (Å²) in [6, 6.07) is 0. The molecule has 1 saturated heterocycles. The monoisotopic (exact) mass is 1190 g/mol. The second kappa shape index (κ2) is 52.9. The van der Waals surface area contributed by atoms with Crippen LogP contribution in [0, 0.1) is 0 Å². The smallest absolute Gasteiger partial charge is 0.363 e. The van der Waals surface area contributed by atoms with Gasteiger partial charge in [0.1, 0.15) is 19.8 Å². The van der Waals surface area contributed by atoms with E-state index in [0.29, 0.717) is 0 Å². The van der Waals surface area contributed by atoms with Gasteiger partial charge in [-0.05, 0) is 56.8 Å². The quantitative estimate of drug-likeness (QED) is 0.0131.